The van der Waals surface area contributed by atoms with Gasteiger partial charge < -0.3 is 40.6 Å². The van der Waals surface area contributed by atoms with Crippen LogP contribution in [0.4, 0.5) is 17.5 Å². The zero-order valence-corrected chi connectivity index (χ0v) is 26.2. The van der Waals surface area contributed by atoms with Crippen LogP contribution in [0.1, 0.15) is 48.0 Å². The van der Waals surface area contributed by atoms with E-state index in [2.05, 4.69) is 20.0 Å². The fourth-order valence-electron chi connectivity index (χ4n) is 2.88. The first-order chi connectivity index (χ1) is 19.7. The molecule has 1 aromatic rings. The molecule has 1 rings (SSSR count). The number of esters is 2. The van der Waals surface area contributed by atoms with Crippen LogP contribution in [0.15, 0.2) is 4.99 Å². The molecule has 1 aromatic heterocycles. The Morgan fingerprint density at radius 2 is 1.62 bits per heavy atom. The fraction of sp³-hybridized carbons (Fsp3) is 0.708. The van der Waals surface area contributed by atoms with Crippen LogP contribution in [0.3, 0.4) is 0 Å². The maximum atomic E-state index is 13.2. The predicted molar refractivity (Wildman–Crippen MR) is 154 cm³/mol. The first-order valence-corrected chi connectivity index (χ1v) is 14.7. The molecule has 17 nitrogen and oxygen atoms in total. The Kier molecular flexibility index (Phi) is 18.7. The molecule has 0 bridgehead atoms. The van der Waals surface area contributed by atoms with Crippen molar-refractivity contribution in [2.24, 2.45) is 4.99 Å². The lowest BCUT2D eigenvalue weighted by Gasteiger charge is -2.27. The van der Waals surface area contributed by atoms with Crippen LogP contribution in [0.5, 0.6) is 5.88 Å². The Hall–Kier alpha value is -2.92. The minimum atomic E-state index is -4.33. The maximum Gasteiger partial charge on any atom is 0.406 e. The van der Waals surface area contributed by atoms with Gasteiger partial charge in [0.1, 0.15) is 18.8 Å². The van der Waals surface area contributed by atoms with Crippen molar-refractivity contribution in [3.05, 3.63) is 0 Å². The zero-order chi connectivity index (χ0) is 32.5. The molecule has 242 valence electrons. The molecule has 0 aromatic carbocycles. The number of carbonyl (C=O) groups excluding carboxylic acids is 2. The Labute approximate surface area is 245 Å². The second-order valence-electron chi connectivity index (χ2n) is 8.68. The van der Waals surface area contributed by atoms with E-state index in [0.717, 1.165) is 0 Å². The van der Waals surface area contributed by atoms with Gasteiger partial charge in [0.15, 0.2) is 18.1 Å². The SMILES string of the molecule is CC.COc1nc(N)nc(N)c1N=CC[C@@H](O)C(O)C(COP(=O)(NCC(=O)OC(C)C)OCC(=O)OC(C)C)OC. The van der Waals surface area contributed by atoms with Crippen molar-refractivity contribution in [2.75, 3.05) is 45.4 Å². The summed E-state index contributed by atoms with van der Waals surface area (Å²) in [5.41, 5.74) is 11.4. The number of aliphatic imine (C=N–C) groups is 1. The molecule has 0 radical (unpaired) electrons. The molecular formula is C24H45N6O11P. The largest absolute Gasteiger partial charge is 0.479 e. The number of anilines is 2. The molecule has 42 heavy (non-hydrogen) atoms. The lowest BCUT2D eigenvalue weighted by atomic mass is 10.1. The van der Waals surface area contributed by atoms with Crippen molar-refractivity contribution in [3.8, 4) is 5.88 Å². The minimum Gasteiger partial charge on any atom is -0.479 e. The molecular weight excluding hydrogens is 579 g/mol. The summed E-state index contributed by atoms with van der Waals surface area (Å²) in [5.74, 6) is -1.74. The molecule has 4 atom stereocenters. The van der Waals surface area contributed by atoms with Crippen LogP contribution in [0.2, 0.25) is 0 Å². The van der Waals surface area contributed by atoms with Crippen LogP contribution in [0.25, 0.3) is 0 Å². The summed E-state index contributed by atoms with van der Waals surface area (Å²) in [6.07, 6.45) is -4.06. The number of aromatic nitrogens is 2. The van der Waals surface area contributed by atoms with Gasteiger partial charge in [0.25, 0.3) is 0 Å². The van der Waals surface area contributed by atoms with Crippen molar-refractivity contribution in [3.63, 3.8) is 0 Å². The van der Waals surface area contributed by atoms with E-state index in [-0.39, 0.29) is 29.8 Å². The average molecular weight is 625 g/mol. The molecule has 0 aliphatic heterocycles. The first kappa shape index (κ1) is 39.1. The summed E-state index contributed by atoms with van der Waals surface area (Å²) in [7, 11) is -1.78. The summed E-state index contributed by atoms with van der Waals surface area (Å²) < 4.78 is 43.8. The van der Waals surface area contributed by atoms with E-state index in [4.69, 9.17) is 39.5 Å². The second kappa shape index (κ2) is 20.1. The monoisotopic (exact) mass is 624 g/mol. The molecule has 18 heteroatoms. The number of hydrogen-bond donors (Lipinski definition) is 5. The molecule has 3 unspecified atom stereocenters. The Balaban J connectivity index is 0.00000821. The van der Waals surface area contributed by atoms with Crippen molar-refractivity contribution < 1.29 is 52.4 Å². The Morgan fingerprint density at radius 3 is 2.17 bits per heavy atom. The van der Waals surface area contributed by atoms with E-state index < -0.39 is 70.0 Å². The number of hydrogen-bond acceptors (Lipinski definition) is 16. The minimum absolute atomic E-state index is 0.0114. The fourth-order valence-corrected chi connectivity index (χ4v) is 4.08. The Morgan fingerprint density at radius 1 is 1.02 bits per heavy atom. The predicted octanol–water partition coefficient (Wildman–Crippen LogP) is 1.14. The van der Waals surface area contributed by atoms with Gasteiger partial charge >= 0.3 is 19.7 Å². The number of methoxy groups -OCH3 is 2. The third-order valence-electron chi connectivity index (χ3n) is 4.65. The topological polar surface area (TPSA) is 249 Å². The number of nitrogens with zero attached hydrogens (tertiary/aromatic N) is 3. The third-order valence-corrected chi connectivity index (χ3v) is 6.15. The number of ether oxygens (including phenoxy) is 4. The molecule has 0 amide bonds. The number of nitrogens with two attached hydrogens (primary N) is 2. The van der Waals surface area contributed by atoms with Gasteiger partial charge in [-0.2, -0.15) is 9.97 Å². The number of rotatable bonds is 18. The van der Waals surface area contributed by atoms with Crippen LogP contribution in [-0.4, -0.2) is 103 Å². The highest BCUT2D eigenvalue weighted by molar-refractivity contribution is 7.51. The van der Waals surface area contributed by atoms with E-state index in [1.807, 2.05) is 13.8 Å². The summed E-state index contributed by atoms with van der Waals surface area (Å²) in [5, 5.41) is 23.3. The van der Waals surface area contributed by atoms with Gasteiger partial charge in [-0.1, -0.05) is 13.8 Å². The first-order valence-electron chi connectivity index (χ1n) is 13.1. The van der Waals surface area contributed by atoms with Gasteiger partial charge in [-0.3, -0.25) is 18.8 Å². The van der Waals surface area contributed by atoms with Gasteiger partial charge in [-0.05, 0) is 27.7 Å². The van der Waals surface area contributed by atoms with Gasteiger partial charge in [-0.25, -0.2) is 14.4 Å². The second-order valence-corrected chi connectivity index (χ2v) is 10.5. The number of nitrogens with one attached hydrogen (secondary N) is 1. The van der Waals surface area contributed by atoms with E-state index in [0.29, 0.717) is 0 Å². The summed E-state index contributed by atoms with van der Waals surface area (Å²) in [6, 6.07) is 0. The zero-order valence-electron chi connectivity index (χ0n) is 25.3. The number of aliphatic hydroxyl groups is 2. The van der Waals surface area contributed by atoms with E-state index in [1.54, 1.807) is 27.7 Å². The highest BCUT2D eigenvalue weighted by Gasteiger charge is 2.33. The summed E-state index contributed by atoms with van der Waals surface area (Å²) in [6.45, 7) is 8.57. The van der Waals surface area contributed by atoms with Crippen molar-refractivity contribution in [2.45, 2.75) is 78.5 Å². The van der Waals surface area contributed by atoms with E-state index >= 15 is 0 Å². The summed E-state index contributed by atoms with van der Waals surface area (Å²) >= 11 is 0. The quantitative estimate of drug-likeness (QED) is 0.0872. The van der Waals surface area contributed by atoms with Gasteiger partial charge in [0.05, 0.1) is 32.0 Å². The van der Waals surface area contributed by atoms with Crippen LogP contribution in [0, 0.1) is 0 Å². The van der Waals surface area contributed by atoms with Crippen molar-refractivity contribution in [1.82, 2.24) is 15.1 Å². The molecule has 1 heterocycles. The number of aliphatic hydroxyl groups excluding tert-OH is 2. The molecule has 0 spiro atoms. The molecule has 0 fully saturated rings. The lowest BCUT2D eigenvalue weighted by molar-refractivity contribution is -0.150. The van der Waals surface area contributed by atoms with E-state index in [1.165, 1.54) is 20.4 Å². The third kappa shape index (κ3) is 14.8. The van der Waals surface area contributed by atoms with Crippen molar-refractivity contribution in [1.29, 1.82) is 0 Å². The van der Waals surface area contributed by atoms with Crippen molar-refractivity contribution >= 4 is 43.4 Å². The number of nitrogen functional groups attached to an aromatic ring is 2. The van der Waals surface area contributed by atoms with E-state index in [9.17, 15) is 24.4 Å². The van der Waals surface area contributed by atoms with Crippen LogP contribution < -0.4 is 21.3 Å². The maximum absolute atomic E-state index is 13.2. The van der Waals surface area contributed by atoms with Gasteiger partial charge in [0, 0.05) is 19.7 Å². The van der Waals surface area contributed by atoms with Gasteiger partial charge in [0.2, 0.25) is 11.8 Å². The Bertz CT molecular complexity index is 1010. The average Bonchev–Trinajstić information content (AvgIpc) is 2.92. The lowest BCUT2D eigenvalue weighted by Crippen LogP contribution is -2.41. The normalized spacial score (nSPS) is 15.0. The van der Waals surface area contributed by atoms with Crippen LogP contribution >= 0.6 is 7.75 Å². The van der Waals surface area contributed by atoms with Gasteiger partial charge in [-0.15, -0.1) is 0 Å². The molecule has 0 saturated heterocycles. The standard InChI is InChI=1S/C22H39N6O11P.C2H6/c1-12(2)38-16(30)9-26-40(33,37-11-17(31)39-13(3)4)36-10-15(34-5)19(32)14(29)7-8-25-18-20(23)27-22(24)28-21(18)35-6;1-2/h8,12-15,19,29,32H,7,9-11H2,1-6H3,(H,26,33)(H4,23,24,27,28);1-2H3/t14-,15?,19?,40?;/m1./s1. The summed E-state index contributed by atoms with van der Waals surface area (Å²) in [4.78, 5) is 35.5. The molecule has 0 saturated carbocycles. The van der Waals surface area contributed by atoms with Crippen LogP contribution in [-0.2, 0) is 37.4 Å². The smallest absolute Gasteiger partial charge is 0.406 e. The highest BCUT2D eigenvalue weighted by atomic mass is 31.2. The molecule has 7 N–H and O–H groups in total. The highest BCUT2D eigenvalue weighted by Crippen LogP contribution is 2.44. The molecule has 0 aliphatic carbocycles. The number of carbonyl (C=O) groups is 2. The molecule has 0 aliphatic rings.